The highest BCUT2D eigenvalue weighted by atomic mass is 35.5. The quantitative estimate of drug-likeness (QED) is 0.829. The number of hydrogen-bond acceptors (Lipinski definition) is 5. The molecule has 0 bridgehead atoms. The van der Waals surface area contributed by atoms with E-state index in [0.29, 0.717) is 22.1 Å². The fourth-order valence-electron chi connectivity index (χ4n) is 2.44. The molecule has 0 fully saturated rings. The van der Waals surface area contributed by atoms with E-state index in [1.165, 1.54) is 6.92 Å². The molecule has 1 atom stereocenters. The monoisotopic (exact) mass is 361 g/mol. The summed E-state index contributed by atoms with van der Waals surface area (Å²) in [7, 11) is 0. The molecule has 0 unspecified atom stereocenters. The predicted molar refractivity (Wildman–Crippen MR) is 90.4 cm³/mol. The second-order valence-corrected chi connectivity index (χ2v) is 5.82. The number of benzene rings is 2. The first kappa shape index (κ1) is 17.1. The Hall–Kier alpha value is -2.73. The fraction of sp³-hybridized carbons (Fsp3) is 0.222. The maximum absolute atomic E-state index is 12.5. The Bertz CT molecular complexity index is 808. The number of hydrogen-bond donors (Lipinski definition) is 1. The first-order chi connectivity index (χ1) is 12.0. The minimum absolute atomic E-state index is 0.187. The third-order valence-corrected chi connectivity index (χ3v) is 3.96. The van der Waals surface area contributed by atoms with E-state index in [1.54, 1.807) is 36.4 Å². The lowest BCUT2D eigenvalue weighted by Crippen LogP contribution is -2.31. The van der Waals surface area contributed by atoms with Crippen LogP contribution in [0.4, 0.5) is 0 Å². The van der Waals surface area contributed by atoms with Crippen LogP contribution >= 0.6 is 11.6 Å². The molecule has 6 nitrogen and oxygen atoms in total. The molecule has 130 valence electrons. The molecule has 0 spiro atoms. The Kier molecular flexibility index (Phi) is 5.09. The number of amides is 1. The van der Waals surface area contributed by atoms with Gasteiger partial charge in [-0.1, -0.05) is 35.9 Å². The van der Waals surface area contributed by atoms with Crippen molar-refractivity contribution in [1.82, 2.24) is 5.32 Å². The number of rotatable bonds is 5. The summed E-state index contributed by atoms with van der Waals surface area (Å²) in [5.74, 6) is 0.280. The van der Waals surface area contributed by atoms with E-state index in [-0.39, 0.29) is 13.3 Å². The molecule has 1 amide bonds. The third kappa shape index (κ3) is 4.03. The van der Waals surface area contributed by atoms with E-state index in [9.17, 15) is 9.59 Å². The van der Waals surface area contributed by atoms with Gasteiger partial charge in [0.05, 0.1) is 0 Å². The van der Waals surface area contributed by atoms with Crippen molar-refractivity contribution in [1.29, 1.82) is 0 Å². The van der Waals surface area contributed by atoms with Crippen molar-refractivity contribution in [2.45, 2.75) is 19.6 Å². The number of fused-ring (bicyclic) bond motifs is 1. The average molecular weight is 362 g/mol. The molecule has 1 heterocycles. The molecule has 3 rings (SSSR count). The van der Waals surface area contributed by atoms with Crippen molar-refractivity contribution in [3.05, 3.63) is 58.6 Å². The van der Waals surface area contributed by atoms with Crippen LogP contribution in [0.1, 0.15) is 24.2 Å². The van der Waals surface area contributed by atoms with Gasteiger partial charge in [-0.25, -0.2) is 0 Å². The maximum Gasteiger partial charge on any atom is 0.303 e. The van der Waals surface area contributed by atoms with Crippen molar-refractivity contribution < 1.29 is 23.8 Å². The fourth-order valence-corrected chi connectivity index (χ4v) is 2.68. The lowest BCUT2D eigenvalue weighted by atomic mass is 10.1. The van der Waals surface area contributed by atoms with Crippen LogP contribution in [-0.2, 0) is 20.9 Å². The Morgan fingerprint density at radius 2 is 1.96 bits per heavy atom. The van der Waals surface area contributed by atoms with Crippen molar-refractivity contribution >= 4 is 23.5 Å². The van der Waals surface area contributed by atoms with E-state index in [2.05, 4.69) is 5.32 Å². The summed E-state index contributed by atoms with van der Waals surface area (Å²) in [6.07, 6.45) is -1.11. The molecule has 0 aromatic heterocycles. The number of carbonyl (C=O) groups is 2. The maximum atomic E-state index is 12.5. The molecular formula is C18H16ClNO5. The lowest BCUT2D eigenvalue weighted by Gasteiger charge is -2.18. The molecule has 2 aromatic rings. The number of halogens is 1. The van der Waals surface area contributed by atoms with E-state index < -0.39 is 18.0 Å². The number of esters is 1. The van der Waals surface area contributed by atoms with E-state index in [1.807, 2.05) is 6.07 Å². The second-order valence-electron chi connectivity index (χ2n) is 5.42. The van der Waals surface area contributed by atoms with Crippen LogP contribution in [0.3, 0.4) is 0 Å². The summed E-state index contributed by atoms with van der Waals surface area (Å²) in [5, 5.41) is 3.10. The summed E-state index contributed by atoms with van der Waals surface area (Å²) in [5.41, 5.74) is 1.26. The van der Waals surface area contributed by atoms with Gasteiger partial charge in [0.15, 0.2) is 11.5 Å². The summed E-state index contributed by atoms with van der Waals surface area (Å²) in [4.78, 5) is 23.9. The SMILES string of the molecule is CC(=O)O[C@H](C(=O)NCc1ccc2c(c1)OCO2)c1ccccc1Cl. The zero-order chi connectivity index (χ0) is 17.8. The summed E-state index contributed by atoms with van der Waals surface area (Å²) < 4.78 is 15.7. The second kappa shape index (κ2) is 7.44. The number of ether oxygens (including phenoxy) is 3. The van der Waals surface area contributed by atoms with Crippen LogP contribution in [-0.4, -0.2) is 18.7 Å². The molecule has 1 N–H and O–H groups in total. The highest BCUT2D eigenvalue weighted by Crippen LogP contribution is 2.32. The van der Waals surface area contributed by atoms with Gasteiger partial charge >= 0.3 is 5.97 Å². The van der Waals surface area contributed by atoms with Gasteiger partial charge in [0, 0.05) is 24.1 Å². The van der Waals surface area contributed by atoms with Crippen LogP contribution in [0.5, 0.6) is 11.5 Å². The number of carbonyl (C=O) groups excluding carboxylic acids is 2. The van der Waals surface area contributed by atoms with Gasteiger partial charge in [-0.2, -0.15) is 0 Å². The van der Waals surface area contributed by atoms with Crippen molar-refractivity contribution in [2.24, 2.45) is 0 Å². The van der Waals surface area contributed by atoms with Gasteiger partial charge in [-0.15, -0.1) is 0 Å². The Balaban J connectivity index is 1.72. The van der Waals surface area contributed by atoms with E-state index >= 15 is 0 Å². The smallest absolute Gasteiger partial charge is 0.303 e. The summed E-state index contributed by atoms with van der Waals surface area (Å²) in [6.45, 7) is 1.68. The Morgan fingerprint density at radius 1 is 1.20 bits per heavy atom. The highest BCUT2D eigenvalue weighted by molar-refractivity contribution is 6.31. The van der Waals surface area contributed by atoms with Gasteiger partial charge < -0.3 is 19.5 Å². The van der Waals surface area contributed by atoms with Gasteiger partial charge in [0.2, 0.25) is 12.9 Å². The molecule has 25 heavy (non-hydrogen) atoms. The molecular weight excluding hydrogens is 346 g/mol. The lowest BCUT2D eigenvalue weighted by molar-refractivity contribution is -0.154. The Morgan fingerprint density at radius 3 is 2.72 bits per heavy atom. The molecule has 1 aliphatic heterocycles. The summed E-state index contributed by atoms with van der Waals surface area (Å²) >= 11 is 6.13. The molecule has 0 radical (unpaired) electrons. The highest BCUT2D eigenvalue weighted by Gasteiger charge is 2.25. The van der Waals surface area contributed by atoms with E-state index in [4.69, 9.17) is 25.8 Å². The van der Waals surface area contributed by atoms with Crippen LogP contribution in [0.25, 0.3) is 0 Å². The van der Waals surface area contributed by atoms with Crippen LogP contribution < -0.4 is 14.8 Å². The first-order valence-electron chi connectivity index (χ1n) is 7.62. The van der Waals surface area contributed by atoms with Gasteiger partial charge in [0.25, 0.3) is 5.91 Å². The van der Waals surface area contributed by atoms with Crippen molar-refractivity contribution in [3.8, 4) is 11.5 Å². The predicted octanol–water partition coefficient (Wildman–Crippen LogP) is 2.99. The molecule has 7 heteroatoms. The standard InChI is InChI=1S/C18H16ClNO5/c1-11(21)25-17(13-4-2-3-5-14(13)19)18(22)20-9-12-6-7-15-16(8-12)24-10-23-15/h2-8,17H,9-10H2,1H3,(H,20,22)/t17-/m0/s1. The van der Waals surface area contributed by atoms with Crippen LogP contribution in [0.2, 0.25) is 5.02 Å². The third-order valence-electron chi connectivity index (χ3n) is 3.61. The van der Waals surface area contributed by atoms with Gasteiger partial charge in [0.1, 0.15) is 0 Å². The molecule has 0 saturated heterocycles. The topological polar surface area (TPSA) is 73.9 Å². The molecule has 0 aliphatic carbocycles. The minimum Gasteiger partial charge on any atom is -0.454 e. The van der Waals surface area contributed by atoms with Crippen molar-refractivity contribution in [3.63, 3.8) is 0 Å². The number of nitrogens with one attached hydrogen (secondary N) is 1. The van der Waals surface area contributed by atoms with Gasteiger partial charge in [-0.05, 0) is 23.8 Å². The molecule has 0 saturated carbocycles. The van der Waals surface area contributed by atoms with Crippen molar-refractivity contribution in [2.75, 3.05) is 6.79 Å². The molecule has 2 aromatic carbocycles. The van der Waals surface area contributed by atoms with Crippen LogP contribution in [0.15, 0.2) is 42.5 Å². The normalized spacial score (nSPS) is 13.2. The largest absolute Gasteiger partial charge is 0.454 e. The zero-order valence-corrected chi connectivity index (χ0v) is 14.2. The Labute approximate surface area is 149 Å². The van der Waals surface area contributed by atoms with E-state index in [0.717, 1.165) is 5.56 Å². The molecule has 1 aliphatic rings. The minimum atomic E-state index is -1.11. The van der Waals surface area contributed by atoms with Crippen LogP contribution in [0, 0.1) is 0 Å². The zero-order valence-electron chi connectivity index (χ0n) is 13.5. The van der Waals surface area contributed by atoms with Gasteiger partial charge in [-0.3, -0.25) is 9.59 Å². The average Bonchev–Trinajstić information content (AvgIpc) is 3.06. The summed E-state index contributed by atoms with van der Waals surface area (Å²) in [6, 6.07) is 12.1. The first-order valence-corrected chi connectivity index (χ1v) is 8.00.